The number of nitrogens with one attached hydrogen (secondary N) is 1. The summed E-state index contributed by atoms with van der Waals surface area (Å²) in [6, 6.07) is 19.5. The van der Waals surface area contributed by atoms with Gasteiger partial charge in [0.1, 0.15) is 6.54 Å². The molecule has 1 amide bonds. The van der Waals surface area contributed by atoms with Gasteiger partial charge in [-0.1, -0.05) is 48.0 Å². The van der Waals surface area contributed by atoms with Crippen molar-refractivity contribution < 1.29 is 4.79 Å². The van der Waals surface area contributed by atoms with Crippen molar-refractivity contribution in [2.45, 2.75) is 13.5 Å². The molecule has 0 unspecified atom stereocenters. The van der Waals surface area contributed by atoms with Crippen LogP contribution in [0.25, 0.3) is 11.3 Å². The molecule has 0 aliphatic carbocycles. The van der Waals surface area contributed by atoms with Crippen molar-refractivity contribution in [1.82, 2.24) is 9.78 Å². The van der Waals surface area contributed by atoms with Crippen molar-refractivity contribution in [3.63, 3.8) is 0 Å². The Labute approximate surface area is 129 Å². The Kier molecular flexibility index (Phi) is 4.01. The van der Waals surface area contributed by atoms with Crippen LogP contribution in [0, 0.1) is 6.92 Å². The SMILES string of the molecule is Cc1ccc(NC(=O)Cn2ccc(-c3ccccc3)n2)cc1. The first-order chi connectivity index (χ1) is 10.7. The molecule has 22 heavy (non-hydrogen) atoms. The highest BCUT2D eigenvalue weighted by Crippen LogP contribution is 2.16. The Bertz CT molecular complexity index is 761. The monoisotopic (exact) mass is 291 g/mol. The Morgan fingerprint density at radius 2 is 1.77 bits per heavy atom. The highest BCUT2D eigenvalue weighted by molar-refractivity contribution is 5.90. The van der Waals surface area contributed by atoms with E-state index in [2.05, 4.69) is 10.4 Å². The molecule has 0 aliphatic heterocycles. The molecule has 110 valence electrons. The van der Waals surface area contributed by atoms with Crippen LogP contribution in [0.15, 0.2) is 66.9 Å². The number of amides is 1. The molecule has 0 fully saturated rings. The van der Waals surface area contributed by atoms with E-state index in [9.17, 15) is 4.79 Å². The number of benzene rings is 2. The number of hydrogen-bond donors (Lipinski definition) is 1. The zero-order valence-electron chi connectivity index (χ0n) is 12.4. The Hall–Kier alpha value is -2.88. The van der Waals surface area contributed by atoms with Crippen molar-refractivity contribution in [2.75, 3.05) is 5.32 Å². The van der Waals surface area contributed by atoms with Gasteiger partial charge >= 0.3 is 0 Å². The summed E-state index contributed by atoms with van der Waals surface area (Å²) >= 11 is 0. The van der Waals surface area contributed by atoms with E-state index in [1.54, 1.807) is 4.68 Å². The third-order valence-corrected chi connectivity index (χ3v) is 3.35. The van der Waals surface area contributed by atoms with E-state index in [1.165, 1.54) is 0 Å². The summed E-state index contributed by atoms with van der Waals surface area (Å²) in [5.74, 6) is -0.0911. The van der Waals surface area contributed by atoms with E-state index in [-0.39, 0.29) is 12.5 Å². The molecule has 0 bridgehead atoms. The van der Waals surface area contributed by atoms with Crippen LogP contribution < -0.4 is 5.32 Å². The molecule has 0 spiro atoms. The van der Waals surface area contributed by atoms with Crippen LogP contribution in [0.3, 0.4) is 0 Å². The summed E-state index contributed by atoms with van der Waals surface area (Å²) in [5, 5.41) is 7.30. The maximum absolute atomic E-state index is 12.0. The normalized spacial score (nSPS) is 10.4. The lowest BCUT2D eigenvalue weighted by Gasteiger charge is -2.05. The Balaban J connectivity index is 1.65. The summed E-state index contributed by atoms with van der Waals surface area (Å²) in [6.07, 6.45) is 1.82. The molecule has 1 aromatic heterocycles. The van der Waals surface area contributed by atoms with Crippen LogP contribution in [0.2, 0.25) is 0 Å². The van der Waals surface area contributed by atoms with Crippen LogP contribution >= 0.6 is 0 Å². The standard InChI is InChI=1S/C18H17N3O/c1-14-7-9-16(10-8-14)19-18(22)13-21-12-11-17(20-21)15-5-3-2-4-6-15/h2-12H,13H2,1H3,(H,19,22). The number of carbonyl (C=O) groups excluding carboxylic acids is 1. The predicted octanol–water partition coefficient (Wildman–Crippen LogP) is 3.50. The largest absolute Gasteiger partial charge is 0.324 e. The fraction of sp³-hybridized carbons (Fsp3) is 0.111. The molecule has 0 saturated carbocycles. The van der Waals surface area contributed by atoms with E-state index in [1.807, 2.05) is 73.8 Å². The number of aryl methyl sites for hydroxylation is 1. The molecule has 4 heteroatoms. The molecule has 3 aromatic rings. The summed E-state index contributed by atoms with van der Waals surface area (Å²) in [6.45, 7) is 2.21. The van der Waals surface area contributed by atoms with Gasteiger partial charge in [-0.2, -0.15) is 5.10 Å². The minimum absolute atomic E-state index is 0.0911. The first-order valence-electron chi connectivity index (χ1n) is 7.16. The van der Waals surface area contributed by atoms with Crippen LogP contribution in [-0.4, -0.2) is 15.7 Å². The molecule has 1 N–H and O–H groups in total. The highest BCUT2D eigenvalue weighted by Gasteiger charge is 2.06. The molecular formula is C18H17N3O. The van der Waals surface area contributed by atoms with E-state index < -0.39 is 0 Å². The summed E-state index contributed by atoms with van der Waals surface area (Å²) in [7, 11) is 0. The van der Waals surface area contributed by atoms with Crippen molar-refractivity contribution in [1.29, 1.82) is 0 Å². The summed E-state index contributed by atoms with van der Waals surface area (Å²) < 4.78 is 1.64. The fourth-order valence-corrected chi connectivity index (χ4v) is 2.20. The van der Waals surface area contributed by atoms with Crippen molar-refractivity contribution in [3.8, 4) is 11.3 Å². The fourth-order valence-electron chi connectivity index (χ4n) is 2.20. The maximum Gasteiger partial charge on any atom is 0.246 e. The van der Waals surface area contributed by atoms with Crippen LogP contribution in [0.5, 0.6) is 0 Å². The van der Waals surface area contributed by atoms with Crippen LogP contribution in [0.4, 0.5) is 5.69 Å². The maximum atomic E-state index is 12.0. The molecule has 3 rings (SSSR count). The van der Waals surface area contributed by atoms with Gasteiger partial charge in [0.2, 0.25) is 5.91 Å². The lowest BCUT2D eigenvalue weighted by Crippen LogP contribution is -2.19. The minimum atomic E-state index is -0.0911. The molecule has 1 heterocycles. The Morgan fingerprint density at radius 3 is 2.50 bits per heavy atom. The topological polar surface area (TPSA) is 46.9 Å². The highest BCUT2D eigenvalue weighted by atomic mass is 16.2. The van der Waals surface area contributed by atoms with Crippen molar-refractivity contribution in [3.05, 3.63) is 72.4 Å². The number of hydrogen-bond acceptors (Lipinski definition) is 2. The third-order valence-electron chi connectivity index (χ3n) is 3.35. The first kappa shape index (κ1) is 14.1. The second-order valence-electron chi connectivity index (χ2n) is 5.18. The zero-order valence-corrected chi connectivity index (χ0v) is 12.4. The first-order valence-corrected chi connectivity index (χ1v) is 7.16. The smallest absolute Gasteiger partial charge is 0.246 e. The summed E-state index contributed by atoms with van der Waals surface area (Å²) in [4.78, 5) is 12.0. The molecule has 2 aromatic carbocycles. The van der Waals surface area contributed by atoms with Gasteiger partial charge in [-0.05, 0) is 25.1 Å². The number of aromatic nitrogens is 2. The second-order valence-corrected chi connectivity index (χ2v) is 5.18. The lowest BCUT2D eigenvalue weighted by atomic mass is 10.2. The lowest BCUT2D eigenvalue weighted by molar-refractivity contribution is -0.116. The van der Waals surface area contributed by atoms with Gasteiger partial charge in [-0.25, -0.2) is 0 Å². The van der Waals surface area contributed by atoms with Gasteiger partial charge in [0, 0.05) is 17.4 Å². The average molecular weight is 291 g/mol. The van der Waals surface area contributed by atoms with Crippen molar-refractivity contribution >= 4 is 11.6 Å². The quantitative estimate of drug-likeness (QED) is 0.799. The molecule has 4 nitrogen and oxygen atoms in total. The van der Waals surface area contributed by atoms with Gasteiger partial charge < -0.3 is 5.32 Å². The van der Waals surface area contributed by atoms with Gasteiger partial charge in [0.25, 0.3) is 0 Å². The average Bonchev–Trinajstić information content (AvgIpc) is 2.99. The van der Waals surface area contributed by atoms with Gasteiger partial charge in [0.15, 0.2) is 0 Å². The number of anilines is 1. The van der Waals surface area contributed by atoms with E-state index in [0.717, 1.165) is 22.5 Å². The van der Waals surface area contributed by atoms with Crippen LogP contribution in [0.1, 0.15) is 5.56 Å². The molecule has 0 aliphatic rings. The van der Waals surface area contributed by atoms with Gasteiger partial charge in [-0.15, -0.1) is 0 Å². The second kappa shape index (κ2) is 6.26. The number of rotatable bonds is 4. The number of nitrogens with zero attached hydrogens (tertiary/aromatic N) is 2. The third kappa shape index (κ3) is 3.41. The Morgan fingerprint density at radius 1 is 1.05 bits per heavy atom. The van der Waals surface area contributed by atoms with Crippen LogP contribution in [-0.2, 0) is 11.3 Å². The molecule has 0 radical (unpaired) electrons. The molecular weight excluding hydrogens is 274 g/mol. The molecule has 0 saturated heterocycles. The van der Waals surface area contributed by atoms with Gasteiger partial charge in [-0.3, -0.25) is 9.48 Å². The van der Waals surface area contributed by atoms with E-state index >= 15 is 0 Å². The van der Waals surface area contributed by atoms with E-state index in [4.69, 9.17) is 0 Å². The zero-order chi connectivity index (χ0) is 15.4. The number of carbonyl (C=O) groups is 1. The molecule has 0 atom stereocenters. The minimum Gasteiger partial charge on any atom is -0.324 e. The summed E-state index contributed by atoms with van der Waals surface area (Å²) in [5.41, 5.74) is 3.87. The van der Waals surface area contributed by atoms with Crippen molar-refractivity contribution in [2.24, 2.45) is 0 Å². The predicted molar refractivity (Wildman–Crippen MR) is 87.5 cm³/mol. The van der Waals surface area contributed by atoms with E-state index in [0.29, 0.717) is 0 Å². The van der Waals surface area contributed by atoms with Gasteiger partial charge in [0.05, 0.1) is 5.69 Å².